The highest BCUT2D eigenvalue weighted by Gasteiger charge is 2.21. The van der Waals surface area contributed by atoms with Crippen molar-refractivity contribution in [1.29, 1.82) is 0 Å². The van der Waals surface area contributed by atoms with Gasteiger partial charge in [-0.25, -0.2) is 9.78 Å². The fourth-order valence-corrected chi connectivity index (χ4v) is 2.88. The molecule has 0 saturated heterocycles. The average Bonchev–Trinajstić information content (AvgIpc) is 2.57. The van der Waals surface area contributed by atoms with E-state index in [1.165, 1.54) is 0 Å². The summed E-state index contributed by atoms with van der Waals surface area (Å²) in [6, 6.07) is 8.80. The van der Waals surface area contributed by atoms with Crippen LogP contribution >= 0.6 is 0 Å². The molecule has 0 aliphatic heterocycles. The van der Waals surface area contributed by atoms with Gasteiger partial charge >= 0.3 is 6.09 Å². The highest BCUT2D eigenvalue weighted by Crippen LogP contribution is 2.21. The van der Waals surface area contributed by atoms with Crippen molar-refractivity contribution in [3.8, 4) is 11.5 Å². The van der Waals surface area contributed by atoms with Crippen LogP contribution in [0.2, 0.25) is 19.6 Å². The van der Waals surface area contributed by atoms with Crippen LogP contribution in [0.25, 0.3) is 10.8 Å². The molecule has 29 heavy (non-hydrogen) atoms. The van der Waals surface area contributed by atoms with Gasteiger partial charge in [0.2, 0.25) is 5.91 Å². The zero-order chi connectivity index (χ0) is 21.8. The Bertz CT molecular complexity index is 979. The van der Waals surface area contributed by atoms with Gasteiger partial charge in [-0.3, -0.25) is 4.79 Å². The maximum Gasteiger partial charge on any atom is 0.408 e. The van der Waals surface area contributed by atoms with E-state index in [-0.39, 0.29) is 5.91 Å². The predicted octanol–water partition coefficient (Wildman–Crippen LogP) is 4.32. The van der Waals surface area contributed by atoms with Crippen molar-refractivity contribution in [1.82, 2.24) is 10.3 Å². The van der Waals surface area contributed by atoms with Crippen molar-refractivity contribution in [3.63, 3.8) is 0 Å². The number of amides is 2. The van der Waals surface area contributed by atoms with E-state index in [9.17, 15) is 9.59 Å². The number of nitrogens with zero attached hydrogens (tertiary/aromatic N) is 1. The number of nitrogens with one attached hydrogen (secondary N) is 2. The predicted molar refractivity (Wildman–Crippen MR) is 119 cm³/mol. The Morgan fingerprint density at radius 1 is 1.17 bits per heavy atom. The second-order valence-electron chi connectivity index (χ2n) is 8.93. The summed E-state index contributed by atoms with van der Waals surface area (Å²) in [5, 5.41) is 7.17. The molecule has 0 unspecified atom stereocenters. The molecular weight excluding hydrogens is 382 g/mol. The fraction of sp³-hybridized carbons (Fsp3) is 0.409. The van der Waals surface area contributed by atoms with Gasteiger partial charge in [-0.2, -0.15) is 0 Å². The lowest BCUT2D eigenvalue weighted by Gasteiger charge is -2.21. The summed E-state index contributed by atoms with van der Waals surface area (Å²) >= 11 is 0. The number of carbonyl (C=O) groups excluding carboxylic acids is 2. The molecule has 1 aromatic heterocycles. The number of carbonyl (C=O) groups is 2. The van der Waals surface area contributed by atoms with Crippen LogP contribution in [0, 0.1) is 11.5 Å². The number of hydrogen-bond donors (Lipinski definition) is 2. The maximum atomic E-state index is 12.5. The number of benzene rings is 1. The van der Waals surface area contributed by atoms with Gasteiger partial charge in [-0.1, -0.05) is 49.8 Å². The smallest absolute Gasteiger partial charge is 0.408 e. The van der Waals surface area contributed by atoms with Gasteiger partial charge in [0.1, 0.15) is 31.2 Å². The summed E-state index contributed by atoms with van der Waals surface area (Å²) < 4.78 is 5.19. The number of hydrogen-bond acceptors (Lipinski definition) is 4. The topological polar surface area (TPSA) is 80.3 Å². The molecule has 0 radical (unpaired) electrons. The first-order valence-electron chi connectivity index (χ1n) is 9.57. The quantitative estimate of drug-likeness (QED) is 0.582. The van der Waals surface area contributed by atoms with Gasteiger partial charge in [0.15, 0.2) is 0 Å². The normalized spacial score (nSPS) is 12.5. The number of ether oxygens (including phenoxy) is 1. The number of anilines is 1. The van der Waals surface area contributed by atoms with Crippen LogP contribution in [0.3, 0.4) is 0 Å². The van der Waals surface area contributed by atoms with Crippen LogP contribution in [0.5, 0.6) is 0 Å². The van der Waals surface area contributed by atoms with Crippen LogP contribution in [0.4, 0.5) is 10.6 Å². The molecule has 0 spiro atoms. The highest BCUT2D eigenvalue weighted by molar-refractivity contribution is 6.83. The minimum atomic E-state index is -1.58. The van der Waals surface area contributed by atoms with Gasteiger partial charge in [0, 0.05) is 5.39 Å². The Kier molecular flexibility index (Phi) is 6.70. The molecule has 0 saturated carbocycles. The molecule has 1 heterocycles. The molecule has 7 heteroatoms. The first-order valence-corrected chi connectivity index (χ1v) is 13.1. The van der Waals surface area contributed by atoms with E-state index >= 15 is 0 Å². The zero-order valence-corrected chi connectivity index (χ0v) is 19.1. The second kappa shape index (κ2) is 8.66. The van der Waals surface area contributed by atoms with E-state index < -0.39 is 25.8 Å². The molecule has 2 amide bonds. The van der Waals surface area contributed by atoms with Crippen LogP contribution < -0.4 is 10.6 Å². The SMILES string of the molecule is C[C@@H](NC(=O)OC(C)(C)C)C(=O)Nc1cc2ccccc2c(C#C[Si](C)(C)C)n1. The molecule has 1 atom stereocenters. The summed E-state index contributed by atoms with van der Waals surface area (Å²) in [6.45, 7) is 13.4. The number of alkyl carbamates (subject to hydrolysis) is 1. The molecule has 2 aromatic rings. The van der Waals surface area contributed by atoms with Crippen molar-refractivity contribution in [3.05, 3.63) is 36.0 Å². The number of fused-ring (bicyclic) bond motifs is 1. The van der Waals surface area contributed by atoms with E-state index in [4.69, 9.17) is 4.74 Å². The number of aromatic nitrogens is 1. The summed E-state index contributed by atoms with van der Waals surface area (Å²) in [5.74, 6) is 3.20. The first-order chi connectivity index (χ1) is 13.3. The highest BCUT2D eigenvalue weighted by atomic mass is 28.3. The van der Waals surface area contributed by atoms with Gasteiger partial charge in [-0.15, -0.1) is 5.54 Å². The Morgan fingerprint density at radius 3 is 2.45 bits per heavy atom. The van der Waals surface area contributed by atoms with Gasteiger partial charge in [0.25, 0.3) is 0 Å². The average molecular weight is 412 g/mol. The van der Waals surface area contributed by atoms with E-state index in [2.05, 4.69) is 46.7 Å². The largest absolute Gasteiger partial charge is 0.444 e. The lowest BCUT2D eigenvalue weighted by molar-refractivity contribution is -0.117. The minimum Gasteiger partial charge on any atom is -0.444 e. The summed E-state index contributed by atoms with van der Waals surface area (Å²) in [4.78, 5) is 29.0. The molecule has 0 aliphatic carbocycles. The molecular formula is C22H29N3O3Si. The molecule has 0 fully saturated rings. The lowest BCUT2D eigenvalue weighted by Crippen LogP contribution is -2.44. The van der Waals surface area contributed by atoms with E-state index in [1.807, 2.05) is 24.3 Å². The standard InChI is InChI=1S/C22H29N3O3Si/c1-15(23-21(27)28-22(2,3)4)20(26)25-19-14-16-10-8-9-11-17(16)18(24-19)12-13-29(5,6)7/h8-11,14-15H,1-7H3,(H,23,27)(H,24,25,26)/t15-/m1/s1. The molecule has 1 aromatic carbocycles. The number of rotatable bonds is 3. The monoisotopic (exact) mass is 411 g/mol. The van der Waals surface area contributed by atoms with E-state index in [0.717, 1.165) is 10.8 Å². The third kappa shape index (κ3) is 7.24. The lowest BCUT2D eigenvalue weighted by atomic mass is 10.1. The third-order valence-electron chi connectivity index (χ3n) is 3.67. The van der Waals surface area contributed by atoms with Crippen molar-refractivity contribution < 1.29 is 14.3 Å². The van der Waals surface area contributed by atoms with Crippen LogP contribution in [0.15, 0.2) is 30.3 Å². The number of pyridine rings is 1. The van der Waals surface area contributed by atoms with Gasteiger partial charge in [0.05, 0.1) is 0 Å². The van der Waals surface area contributed by atoms with Crippen molar-refractivity contribution in [2.75, 3.05) is 5.32 Å². The van der Waals surface area contributed by atoms with Crippen molar-refractivity contribution in [2.45, 2.75) is 59.0 Å². The molecule has 0 aliphatic rings. The van der Waals surface area contributed by atoms with Crippen molar-refractivity contribution in [2.24, 2.45) is 0 Å². The summed E-state index contributed by atoms with van der Waals surface area (Å²) in [7, 11) is -1.58. The molecule has 154 valence electrons. The fourth-order valence-electron chi connectivity index (χ4n) is 2.39. The second-order valence-corrected chi connectivity index (χ2v) is 13.7. The van der Waals surface area contributed by atoms with E-state index in [1.54, 1.807) is 33.8 Å². The van der Waals surface area contributed by atoms with Crippen LogP contribution in [0.1, 0.15) is 33.4 Å². The Morgan fingerprint density at radius 2 is 1.83 bits per heavy atom. The molecule has 2 N–H and O–H groups in total. The van der Waals surface area contributed by atoms with Crippen LogP contribution in [-0.4, -0.2) is 36.7 Å². The van der Waals surface area contributed by atoms with E-state index in [0.29, 0.717) is 11.5 Å². The van der Waals surface area contributed by atoms with Crippen LogP contribution in [-0.2, 0) is 9.53 Å². The Hall–Kier alpha value is -2.85. The maximum absolute atomic E-state index is 12.5. The Labute approximate surface area is 173 Å². The van der Waals surface area contributed by atoms with Gasteiger partial charge in [-0.05, 0) is 39.1 Å². The summed E-state index contributed by atoms with van der Waals surface area (Å²) in [6.07, 6.45) is -0.645. The summed E-state index contributed by atoms with van der Waals surface area (Å²) in [5.41, 5.74) is 3.32. The molecule has 2 rings (SSSR count). The third-order valence-corrected chi connectivity index (χ3v) is 4.55. The van der Waals surface area contributed by atoms with Crippen molar-refractivity contribution >= 4 is 36.7 Å². The minimum absolute atomic E-state index is 0.386. The Balaban J connectivity index is 2.24. The zero-order valence-electron chi connectivity index (χ0n) is 18.1. The molecule has 6 nitrogen and oxygen atoms in total. The first kappa shape index (κ1) is 22.4. The molecule has 0 bridgehead atoms. The van der Waals surface area contributed by atoms with Gasteiger partial charge < -0.3 is 15.4 Å².